The predicted molar refractivity (Wildman–Crippen MR) is 60.3 cm³/mol. The summed E-state index contributed by atoms with van der Waals surface area (Å²) < 4.78 is 15.1. The predicted octanol–water partition coefficient (Wildman–Crippen LogP) is 2.21. The second kappa shape index (κ2) is 4.03. The highest BCUT2D eigenvalue weighted by Gasteiger charge is 2.06. The second-order valence-corrected chi connectivity index (χ2v) is 3.82. The first-order chi connectivity index (χ1) is 7.22. The molecule has 1 aromatic heterocycles. The Hall–Kier alpha value is -1.35. The lowest BCUT2D eigenvalue weighted by atomic mass is 10.1. The third-order valence-electron chi connectivity index (χ3n) is 2.68. The first-order valence-electron chi connectivity index (χ1n) is 5.16. The van der Waals surface area contributed by atoms with Gasteiger partial charge in [0.1, 0.15) is 5.82 Å². The molecule has 2 nitrogen and oxygen atoms in total. The van der Waals surface area contributed by atoms with Crippen molar-refractivity contribution < 1.29 is 4.39 Å². The average molecular weight is 206 g/mol. The number of halogens is 1. The van der Waals surface area contributed by atoms with Crippen LogP contribution in [0.25, 0.3) is 10.9 Å². The summed E-state index contributed by atoms with van der Waals surface area (Å²) in [6, 6.07) is 4.91. The average Bonchev–Trinajstić information content (AvgIpc) is 2.52. The van der Waals surface area contributed by atoms with Gasteiger partial charge in [0.15, 0.2) is 0 Å². The summed E-state index contributed by atoms with van der Waals surface area (Å²) in [5.74, 6) is -0.178. The molecule has 0 aliphatic heterocycles. The normalized spacial score (nSPS) is 11.1. The number of hydrogen-bond acceptors (Lipinski definition) is 1. The van der Waals surface area contributed by atoms with Crippen LogP contribution >= 0.6 is 0 Å². The lowest BCUT2D eigenvalue weighted by Crippen LogP contribution is -1.99. The van der Waals surface area contributed by atoms with Crippen LogP contribution in [0.3, 0.4) is 0 Å². The van der Waals surface area contributed by atoms with Gasteiger partial charge in [-0.05, 0) is 43.1 Å². The maximum Gasteiger partial charge on any atom is 0.123 e. The molecule has 0 radical (unpaired) electrons. The smallest absolute Gasteiger partial charge is 0.123 e. The van der Waals surface area contributed by atoms with Crippen LogP contribution in [-0.4, -0.2) is 11.1 Å². The largest absolute Gasteiger partial charge is 0.350 e. The Morgan fingerprint density at radius 1 is 1.40 bits per heavy atom. The fraction of sp³-hybridized carbons (Fsp3) is 0.333. The second-order valence-electron chi connectivity index (χ2n) is 3.82. The summed E-state index contributed by atoms with van der Waals surface area (Å²) in [5, 5.41) is 1.01. The van der Waals surface area contributed by atoms with E-state index in [2.05, 4.69) is 6.20 Å². The third-order valence-corrected chi connectivity index (χ3v) is 2.68. The minimum atomic E-state index is -0.178. The summed E-state index contributed by atoms with van der Waals surface area (Å²) in [4.78, 5) is 0. The summed E-state index contributed by atoms with van der Waals surface area (Å²) >= 11 is 0. The molecule has 1 heterocycles. The Kier molecular flexibility index (Phi) is 2.73. The molecule has 2 rings (SSSR count). The van der Waals surface area contributed by atoms with Gasteiger partial charge in [0.25, 0.3) is 0 Å². The van der Waals surface area contributed by atoms with Gasteiger partial charge in [-0.15, -0.1) is 0 Å². The van der Waals surface area contributed by atoms with Gasteiger partial charge in [0.2, 0.25) is 0 Å². The Bertz CT molecular complexity index is 474. The molecule has 0 bridgehead atoms. The molecule has 1 aromatic carbocycles. The molecule has 2 aromatic rings. The molecule has 15 heavy (non-hydrogen) atoms. The number of benzene rings is 1. The zero-order valence-electron chi connectivity index (χ0n) is 8.83. The maximum absolute atomic E-state index is 13.1. The molecule has 80 valence electrons. The third kappa shape index (κ3) is 1.88. The van der Waals surface area contributed by atoms with E-state index in [1.807, 2.05) is 17.7 Å². The summed E-state index contributed by atoms with van der Waals surface area (Å²) in [6.07, 6.45) is 3.91. The molecule has 0 saturated carbocycles. The van der Waals surface area contributed by atoms with Crippen molar-refractivity contribution in [3.05, 3.63) is 35.8 Å². The molecule has 0 amide bonds. The molecule has 0 saturated heterocycles. The number of aromatic nitrogens is 1. The summed E-state index contributed by atoms with van der Waals surface area (Å²) in [7, 11) is 1.98. The number of nitrogens with zero attached hydrogens (tertiary/aromatic N) is 1. The number of rotatable bonds is 3. The topological polar surface area (TPSA) is 30.9 Å². The van der Waals surface area contributed by atoms with Gasteiger partial charge in [-0.3, -0.25) is 0 Å². The molecule has 0 aliphatic rings. The fourth-order valence-electron chi connectivity index (χ4n) is 1.94. The Morgan fingerprint density at radius 3 is 2.93 bits per heavy atom. The van der Waals surface area contributed by atoms with Gasteiger partial charge in [-0.1, -0.05) is 0 Å². The summed E-state index contributed by atoms with van der Waals surface area (Å²) in [6.45, 7) is 0.672. The highest BCUT2D eigenvalue weighted by Crippen LogP contribution is 2.22. The highest BCUT2D eigenvalue weighted by molar-refractivity contribution is 5.84. The van der Waals surface area contributed by atoms with Crippen molar-refractivity contribution in [1.29, 1.82) is 0 Å². The van der Waals surface area contributed by atoms with Crippen LogP contribution in [0.1, 0.15) is 12.0 Å². The quantitative estimate of drug-likeness (QED) is 0.820. The van der Waals surface area contributed by atoms with Crippen molar-refractivity contribution in [3.8, 4) is 0 Å². The number of fused-ring (bicyclic) bond motifs is 1. The molecule has 0 spiro atoms. The molecule has 2 N–H and O–H groups in total. The van der Waals surface area contributed by atoms with Gasteiger partial charge in [-0.25, -0.2) is 4.39 Å². The van der Waals surface area contributed by atoms with E-state index in [4.69, 9.17) is 5.73 Å². The van der Waals surface area contributed by atoms with Gasteiger partial charge < -0.3 is 10.3 Å². The van der Waals surface area contributed by atoms with E-state index in [-0.39, 0.29) is 5.82 Å². The lowest BCUT2D eigenvalue weighted by Gasteiger charge is -1.97. The van der Waals surface area contributed by atoms with Gasteiger partial charge in [0, 0.05) is 24.1 Å². The monoisotopic (exact) mass is 206 g/mol. The van der Waals surface area contributed by atoms with Gasteiger partial charge >= 0.3 is 0 Å². The maximum atomic E-state index is 13.1. The first kappa shape index (κ1) is 10.2. The van der Waals surface area contributed by atoms with Gasteiger partial charge in [0.05, 0.1) is 0 Å². The van der Waals surface area contributed by atoms with Crippen LogP contribution in [0.4, 0.5) is 4.39 Å². The van der Waals surface area contributed by atoms with Gasteiger partial charge in [-0.2, -0.15) is 0 Å². The van der Waals surface area contributed by atoms with Crippen LogP contribution in [0.15, 0.2) is 24.4 Å². The standard InChI is InChI=1S/C12H15FN2/c1-15-8-9(3-2-6-14)11-7-10(13)4-5-12(11)15/h4-5,7-8H,2-3,6,14H2,1H3. The van der Waals surface area contributed by atoms with E-state index in [9.17, 15) is 4.39 Å². The van der Waals surface area contributed by atoms with E-state index >= 15 is 0 Å². The molecule has 0 aliphatic carbocycles. The minimum absolute atomic E-state index is 0.178. The van der Waals surface area contributed by atoms with E-state index in [1.54, 1.807) is 6.07 Å². The molecular formula is C12H15FN2. The van der Waals surface area contributed by atoms with Crippen molar-refractivity contribution in [3.63, 3.8) is 0 Å². The Balaban J connectivity index is 2.49. The van der Waals surface area contributed by atoms with Crippen LogP contribution in [0.5, 0.6) is 0 Å². The van der Waals surface area contributed by atoms with Crippen LogP contribution in [-0.2, 0) is 13.5 Å². The zero-order chi connectivity index (χ0) is 10.8. The van der Waals surface area contributed by atoms with E-state index in [1.165, 1.54) is 11.6 Å². The van der Waals surface area contributed by atoms with Crippen LogP contribution in [0.2, 0.25) is 0 Å². The van der Waals surface area contributed by atoms with Crippen molar-refractivity contribution >= 4 is 10.9 Å². The number of hydrogen-bond donors (Lipinski definition) is 1. The van der Waals surface area contributed by atoms with Crippen molar-refractivity contribution in [1.82, 2.24) is 4.57 Å². The van der Waals surface area contributed by atoms with E-state index < -0.39 is 0 Å². The first-order valence-corrected chi connectivity index (χ1v) is 5.16. The molecule has 3 heteroatoms. The fourth-order valence-corrected chi connectivity index (χ4v) is 1.94. The van der Waals surface area contributed by atoms with Crippen molar-refractivity contribution in [2.24, 2.45) is 12.8 Å². The highest BCUT2D eigenvalue weighted by atomic mass is 19.1. The SMILES string of the molecule is Cn1cc(CCCN)c2cc(F)ccc21. The van der Waals surface area contributed by atoms with Crippen molar-refractivity contribution in [2.45, 2.75) is 12.8 Å². The number of aryl methyl sites for hydroxylation is 2. The van der Waals surface area contributed by atoms with E-state index in [0.29, 0.717) is 6.54 Å². The minimum Gasteiger partial charge on any atom is -0.350 e. The van der Waals surface area contributed by atoms with Crippen LogP contribution < -0.4 is 5.73 Å². The van der Waals surface area contributed by atoms with Crippen LogP contribution in [0, 0.1) is 5.82 Å². The molecule has 0 unspecified atom stereocenters. The molecule has 0 fully saturated rings. The Labute approximate surface area is 88.5 Å². The van der Waals surface area contributed by atoms with Crippen molar-refractivity contribution in [2.75, 3.05) is 6.54 Å². The van der Waals surface area contributed by atoms with E-state index in [0.717, 1.165) is 23.7 Å². The number of nitrogens with two attached hydrogens (primary N) is 1. The molecular weight excluding hydrogens is 191 g/mol. The lowest BCUT2D eigenvalue weighted by molar-refractivity contribution is 0.629. The summed E-state index contributed by atoms with van der Waals surface area (Å²) in [5.41, 5.74) is 7.73. The zero-order valence-corrected chi connectivity index (χ0v) is 8.83. The molecule has 0 atom stereocenters. The Morgan fingerprint density at radius 2 is 2.20 bits per heavy atom.